The monoisotopic (exact) mass is 265 g/mol. The molecule has 0 amide bonds. The second kappa shape index (κ2) is 5.14. The summed E-state index contributed by atoms with van der Waals surface area (Å²) in [6.45, 7) is 4.28. The Morgan fingerprint density at radius 3 is 2.45 bits per heavy atom. The number of fused-ring (bicyclic) bond motifs is 1. The predicted molar refractivity (Wildman–Crippen MR) is 83.0 cm³/mol. The first-order valence-electron chi connectivity index (χ1n) is 6.92. The summed E-state index contributed by atoms with van der Waals surface area (Å²) in [5.41, 5.74) is 4.79. The Labute approximate surface area is 119 Å². The molecule has 20 heavy (non-hydrogen) atoms. The summed E-state index contributed by atoms with van der Waals surface area (Å²) in [6, 6.07) is 16.9. The summed E-state index contributed by atoms with van der Waals surface area (Å²) in [6.07, 6.45) is 0. The predicted octanol–water partition coefficient (Wildman–Crippen LogP) is 4.36. The van der Waals surface area contributed by atoms with Gasteiger partial charge in [0, 0.05) is 5.39 Å². The lowest BCUT2D eigenvalue weighted by atomic mass is 9.99. The molecule has 3 rings (SSSR count). The molecule has 0 spiro atoms. The van der Waals surface area contributed by atoms with E-state index in [0.717, 1.165) is 16.7 Å². The molecular formula is C18H19NO. The number of benzene rings is 2. The average molecular weight is 265 g/mol. The van der Waals surface area contributed by atoms with E-state index in [4.69, 9.17) is 4.42 Å². The first-order chi connectivity index (χ1) is 9.69. The molecule has 1 heterocycles. The fraction of sp³-hybridized carbons (Fsp3) is 0.222. The molecule has 0 saturated carbocycles. The largest absolute Gasteiger partial charge is 0.459 e. The standard InChI is InChI=1S/C18H19NO/c1-12-8-9-15(10-13(12)2)18(19-3)17-11-14-6-4-5-7-16(14)20-17/h4-11,18-19H,1-3H3. The van der Waals surface area contributed by atoms with Crippen LogP contribution in [0.2, 0.25) is 0 Å². The molecule has 2 aromatic carbocycles. The van der Waals surface area contributed by atoms with Crippen LogP contribution in [-0.4, -0.2) is 7.05 Å². The number of hydrogen-bond donors (Lipinski definition) is 1. The number of para-hydroxylation sites is 1. The Hall–Kier alpha value is -2.06. The smallest absolute Gasteiger partial charge is 0.134 e. The van der Waals surface area contributed by atoms with Crippen LogP contribution < -0.4 is 5.32 Å². The summed E-state index contributed by atoms with van der Waals surface area (Å²) in [5.74, 6) is 0.956. The third-order valence-electron chi connectivity index (χ3n) is 3.88. The van der Waals surface area contributed by atoms with Gasteiger partial charge in [0.1, 0.15) is 11.3 Å². The van der Waals surface area contributed by atoms with Gasteiger partial charge in [-0.05, 0) is 49.7 Å². The molecule has 1 N–H and O–H groups in total. The maximum atomic E-state index is 5.98. The Balaban J connectivity index is 2.06. The van der Waals surface area contributed by atoms with Crippen molar-refractivity contribution < 1.29 is 4.42 Å². The van der Waals surface area contributed by atoms with Gasteiger partial charge in [-0.3, -0.25) is 0 Å². The summed E-state index contributed by atoms with van der Waals surface area (Å²) in [4.78, 5) is 0. The van der Waals surface area contributed by atoms with E-state index in [1.165, 1.54) is 16.7 Å². The van der Waals surface area contributed by atoms with Crippen LogP contribution in [0.3, 0.4) is 0 Å². The van der Waals surface area contributed by atoms with Crippen molar-refractivity contribution in [2.75, 3.05) is 7.05 Å². The van der Waals surface area contributed by atoms with Gasteiger partial charge in [-0.15, -0.1) is 0 Å². The van der Waals surface area contributed by atoms with Gasteiger partial charge in [-0.25, -0.2) is 0 Å². The third kappa shape index (κ3) is 2.23. The van der Waals surface area contributed by atoms with Gasteiger partial charge in [0.15, 0.2) is 0 Å². The Kier molecular flexibility index (Phi) is 3.33. The molecule has 0 aliphatic heterocycles. The zero-order valence-corrected chi connectivity index (χ0v) is 12.1. The summed E-state index contributed by atoms with van der Waals surface area (Å²) >= 11 is 0. The highest BCUT2D eigenvalue weighted by molar-refractivity contribution is 5.78. The minimum atomic E-state index is 0.0849. The van der Waals surface area contributed by atoms with Gasteiger partial charge in [-0.2, -0.15) is 0 Å². The second-order valence-corrected chi connectivity index (χ2v) is 5.25. The zero-order valence-electron chi connectivity index (χ0n) is 12.1. The van der Waals surface area contributed by atoms with Crippen molar-refractivity contribution in [2.24, 2.45) is 0 Å². The van der Waals surface area contributed by atoms with Crippen molar-refractivity contribution in [2.45, 2.75) is 19.9 Å². The molecular weight excluding hydrogens is 246 g/mol. The van der Waals surface area contributed by atoms with Crippen molar-refractivity contribution in [3.8, 4) is 0 Å². The molecule has 0 fully saturated rings. The molecule has 0 aliphatic carbocycles. The lowest BCUT2D eigenvalue weighted by molar-refractivity contribution is 0.491. The number of rotatable bonds is 3. The van der Waals surface area contributed by atoms with Crippen LogP contribution in [0.4, 0.5) is 0 Å². The highest BCUT2D eigenvalue weighted by atomic mass is 16.3. The minimum absolute atomic E-state index is 0.0849. The van der Waals surface area contributed by atoms with Crippen LogP contribution in [-0.2, 0) is 0 Å². The molecule has 0 saturated heterocycles. The van der Waals surface area contributed by atoms with E-state index in [0.29, 0.717) is 0 Å². The van der Waals surface area contributed by atoms with Crippen LogP contribution in [0.15, 0.2) is 52.9 Å². The van der Waals surface area contributed by atoms with E-state index >= 15 is 0 Å². The third-order valence-corrected chi connectivity index (χ3v) is 3.88. The summed E-state index contributed by atoms with van der Waals surface area (Å²) in [7, 11) is 1.97. The van der Waals surface area contributed by atoms with Crippen molar-refractivity contribution in [3.05, 3.63) is 71.0 Å². The first-order valence-corrected chi connectivity index (χ1v) is 6.92. The van der Waals surface area contributed by atoms with Gasteiger partial charge < -0.3 is 9.73 Å². The van der Waals surface area contributed by atoms with E-state index in [1.54, 1.807) is 0 Å². The van der Waals surface area contributed by atoms with E-state index < -0.39 is 0 Å². The summed E-state index contributed by atoms with van der Waals surface area (Å²) in [5, 5.41) is 4.49. The van der Waals surface area contributed by atoms with E-state index in [9.17, 15) is 0 Å². The van der Waals surface area contributed by atoms with Gasteiger partial charge in [0.2, 0.25) is 0 Å². The van der Waals surface area contributed by atoms with Crippen molar-refractivity contribution >= 4 is 11.0 Å². The van der Waals surface area contributed by atoms with Crippen LogP contribution in [0.25, 0.3) is 11.0 Å². The van der Waals surface area contributed by atoms with Gasteiger partial charge in [-0.1, -0.05) is 36.4 Å². The number of nitrogens with one attached hydrogen (secondary N) is 1. The fourth-order valence-electron chi connectivity index (χ4n) is 2.56. The van der Waals surface area contributed by atoms with Crippen LogP contribution >= 0.6 is 0 Å². The quantitative estimate of drug-likeness (QED) is 0.761. The Morgan fingerprint density at radius 2 is 1.75 bits per heavy atom. The number of furan rings is 1. The molecule has 1 atom stereocenters. The highest BCUT2D eigenvalue weighted by Crippen LogP contribution is 2.28. The topological polar surface area (TPSA) is 25.2 Å². The molecule has 0 radical (unpaired) electrons. The zero-order chi connectivity index (χ0) is 14.1. The normalized spacial score (nSPS) is 12.8. The molecule has 1 aromatic heterocycles. The van der Waals surface area contributed by atoms with Crippen molar-refractivity contribution in [1.82, 2.24) is 5.32 Å². The maximum absolute atomic E-state index is 5.98. The van der Waals surface area contributed by atoms with E-state index in [2.05, 4.69) is 49.5 Å². The Morgan fingerprint density at radius 1 is 0.950 bits per heavy atom. The molecule has 2 heteroatoms. The molecule has 0 bridgehead atoms. The van der Waals surface area contributed by atoms with E-state index in [-0.39, 0.29) is 6.04 Å². The van der Waals surface area contributed by atoms with Gasteiger partial charge in [0.05, 0.1) is 6.04 Å². The van der Waals surface area contributed by atoms with Crippen molar-refractivity contribution in [1.29, 1.82) is 0 Å². The SMILES string of the molecule is CNC(c1ccc(C)c(C)c1)c1cc2ccccc2o1. The maximum Gasteiger partial charge on any atom is 0.134 e. The molecule has 0 aliphatic rings. The Bertz CT molecular complexity index is 709. The molecule has 3 aromatic rings. The fourth-order valence-corrected chi connectivity index (χ4v) is 2.56. The lowest BCUT2D eigenvalue weighted by Gasteiger charge is -2.15. The minimum Gasteiger partial charge on any atom is -0.459 e. The molecule has 102 valence electrons. The second-order valence-electron chi connectivity index (χ2n) is 5.25. The van der Waals surface area contributed by atoms with E-state index in [1.807, 2.05) is 25.2 Å². The number of aryl methyl sites for hydroxylation is 2. The average Bonchev–Trinajstić information content (AvgIpc) is 2.87. The van der Waals surface area contributed by atoms with Crippen LogP contribution in [0.1, 0.15) is 28.5 Å². The highest BCUT2D eigenvalue weighted by Gasteiger charge is 2.17. The van der Waals surface area contributed by atoms with Crippen molar-refractivity contribution in [3.63, 3.8) is 0 Å². The first kappa shape index (κ1) is 12.9. The molecule has 1 unspecified atom stereocenters. The van der Waals surface area contributed by atoms with Gasteiger partial charge >= 0.3 is 0 Å². The van der Waals surface area contributed by atoms with Crippen LogP contribution in [0, 0.1) is 13.8 Å². The molecule has 2 nitrogen and oxygen atoms in total. The van der Waals surface area contributed by atoms with Gasteiger partial charge in [0.25, 0.3) is 0 Å². The summed E-state index contributed by atoms with van der Waals surface area (Å²) < 4.78 is 5.98. The lowest BCUT2D eigenvalue weighted by Crippen LogP contribution is -2.17. The number of hydrogen-bond acceptors (Lipinski definition) is 2. The van der Waals surface area contributed by atoms with Crippen LogP contribution in [0.5, 0.6) is 0 Å².